The topological polar surface area (TPSA) is 49.0 Å². The van der Waals surface area contributed by atoms with Crippen LogP contribution in [-0.2, 0) is 5.41 Å². The van der Waals surface area contributed by atoms with E-state index in [0.29, 0.717) is 11.2 Å². The van der Waals surface area contributed by atoms with Crippen LogP contribution in [0.25, 0.3) is 0 Å². The first kappa shape index (κ1) is 12.7. The number of anilines is 1. The molecule has 1 aromatic rings. The molecule has 0 bridgehead atoms. The van der Waals surface area contributed by atoms with Gasteiger partial charge in [-0.25, -0.2) is 4.98 Å². The summed E-state index contributed by atoms with van der Waals surface area (Å²) in [7, 11) is 0. The summed E-state index contributed by atoms with van der Waals surface area (Å²) in [5, 5.41) is 0. The van der Waals surface area contributed by atoms with E-state index in [-0.39, 0.29) is 11.0 Å². The van der Waals surface area contributed by atoms with Crippen LogP contribution < -0.4 is 10.5 Å². The minimum atomic E-state index is -0.0632. The van der Waals surface area contributed by atoms with Gasteiger partial charge in [-0.3, -0.25) is 4.79 Å². The highest BCUT2D eigenvalue weighted by molar-refractivity contribution is 5.42. The highest BCUT2D eigenvalue weighted by atomic mass is 16.1. The fourth-order valence-corrected chi connectivity index (χ4v) is 3.36. The average Bonchev–Trinajstić information content (AvgIpc) is 2.75. The third-order valence-corrected chi connectivity index (χ3v) is 4.59. The first-order valence-corrected chi connectivity index (χ1v) is 7.24. The van der Waals surface area contributed by atoms with Crippen molar-refractivity contribution in [2.45, 2.75) is 51.9 Å². The zero-order valence-corrected chi connectivity index (χ0v) is 12.1. The molecule has 0 aromatic carbocycles. The van der Waals surface area contributed by atoms with Gasteiger partial charge in [0.15, 0.2) is 5.82 Å². The van der Waals surface area contributed by atoms with Gasteiger partial charge in [-0.1, -0.05) is 33.6 Å². The molecule has 1 N–H and O–H groups in total. The van der Waals surface area contributed by atoms with E-state index in [1.54, 1.807) is 0 Å². The number of nitrogens with zero attached hydrogens (tertiary/aromatic N) is 2. The number of aromatic nitrogens is 2. The van der Waals surface area contributed by atoms with Gasteiger partial charge in [0.25, 0.3) is 5.56 Å². The van der Waals surface area contributed by atoms with E-state index < -0.39 is 0 Å². The van der Waals surface area contributed by atoms with Crippen molar-refractivity contribution in [1.29, 1.82) is 0 Å². The molecule has 0 radical (unpaired) electrons. The Kier molecular flexibility index (Phi) is 2.73. The van der Waals surface area contributed by atoms with Crippen LogP contribution in [0.5, 0.6) is 0 Å². The quantitative estimate of drug-likeness (QED) is 0.844. The van der Waals surface area contributed by atoms with E-state index in [2.05, 4.69) is 35.6 Å². The smallest absolute Gasteiger partial charge is 0.291 e. The molecule has 1 saturated heterocycles. The number of rotatable bonds is 1. The summed E-state index contributed by atoms with van der Waals surface area (Å²) in [6.45, 7) is 8.26. The zero-order valence-electron chi connectivity index (χ0n) is 12.1. The molecule has 1 aromatic heterocycles. The van der Waals surface area contributed by atoms with Crippen molar-refractivity contribution in [3.63, 3.8) is 0 Å². The van der Waals surface area contributed by atoms with Crippen molar-refractivity contribution in [2.75, 3.05) is 18.0 Å². The fourth-order valence-electron chi connectivity index (χ4n) is 3.36. The molecule has 19 heavy (non-hydrogen) atoms. The lowest BCUT2D eigenvalue weighted by Crippen LogP contribution is -2.56. The van der Waals surface area contributed by atoms with Crippen molar-refractivity contribution in [1.82, 2.24) is 9.97 Å². The van der Waals surface area contributed by atoms with Crippen molar-refractivity contribution in [2.24, 2.45) is 5.41 Å². The highest BCUT2D eigenvalue weighted by Gasteiger charge is 2.45. The highest BCUT2D eigenvalue weighted by Crippen LogP contribution is 2.45. The number of H-pyrrole nitrogens is 1. The van der Waals surface area contributed by atoms with Gasteiger partial charge in [0.2, 0.25) is 0 Å². The van der Waals surface area contributed by atoms with Gasteiger partial charge in [0.05, 0.1) is 0 Å². The lowest BCUT2D eigenvalue weighted by atomic mass is 9.78. The Balaban J connectivity index is 1.78. The van der Waals surface area contributed by atoms with Gasteiger partial charge in [-0.15, -0.1) is 0 Å². The SMILES string of the molecule is CC(C)(C)c1cnc(N2CC3(CCCC3)C2)c(=O)[nH]1. The van der Waals surface area contributed by atoms with Crippen LogP contribution in [0.3, 0.4) is 0 Å². The molecule has 1 aliphatic carbocycles. The average molecular weight is 261 g/mol. The van der Waals surface area contributed by atoms with Gasteiger partial charge in [-0.05, 0) is 12.8 Å². The van der Waals surface area contributed by atoms with E-state index in [4.69, 9.17) is 0 Å². The maximum absolute atomic E-state index is 12.2. The molecule has 1 spiro atoms. The number of hydrogen-bond acceptors (Lipinski definition) is 3. The molecule has 1 aliphatic heterocycles. The summed E-state index contributed by atoms with van der Waals surface area (Å²) in [4.78, 5) is 21.7. The Hall–Kier alpha value is -1.32. The predicted molar refractivity (Wildman–Crippen MR) is 76.7 cm³/mol. The van der Waals surface area contributed by atoms with Gasteiger partial charge in [-0.2, -0.15) is 0 Å². The minimum absolute atomic E-state index is 0.0414. The molecule has 104 valence electrons. The molecule has 4 nitrogen and oxygen atoms in total. The van der Waals surface area contributed by atoms with E-state index >= 15 is 0 Å². The molecular formula is C15H23N3O. The number of nitrogens with one attached hydrogen (secondary N) is 1. The third kappa shape index (κ3) is 2.17. The van der Waals surface area contributed by atoms with Crippen LogP contribution in [0.2, 0.25) is 0 Å². The second-order valence-electron chi connectivity index (χ2n) is 7.26. The molecule has 4 heteroatoms. The van der Waals surface area contributed by atoms with Gasteiger partial charge < -0.3 is 9.88 Å². The molecule has 2 heterocycles. The number of aromatic amines is 1. The molecule has 3 rings (SSSR count). The summed E-state index contributed by atoms with van der Waals surface area (Å²) in [6.07, 6.45) is 7.15. The summed E-state index contributed by atoms with van der Waals surface area (Å²) < 4.78 is 0. The fraction of sp³-hybridized carbons (Fsp3) is 0.733. The van der Waals surface area contributed by atoms with Crippen LogP contribution in [0.15, 0.2) is 11.0 Å². The van der Waals surface area contributed by atoms with E-state index in [1.807, 2.05) is 6.20 Å². The lowest BCUT2D eigenvalue weighted by Gasteiger charge is -2.48. The Morgan fingerprint density at radius 1 is 1.26 bits per heavy atom. The van der Waals surface area contributed by atoms with E-state index in [9.17, 15) is 4.79 Å². The Morgan fingerprint density at radius 3 is 2.42 bits per heavy atom. The molecular weight excluding hydrogens is 238 g/mol. The second kappa shape index (κ2) is 4.09. The third-order valence-electron chi connectivity index (χ3n) is 4.59. The normalized spacial score (nSPS) is 21.7. The van der Waals surface area contributed by atoms with Crippen molar-refractivity contribution >= 4 is 5.82 Å². The molecule has 1 saturated carbocycles. The molecule has 0 unspecified atom stereocenters. The van der Waals surface area contributed by atoms with Crippen LogP contribution >= 0.6 is 0 Å². The van der Waals surface area contributed by atoms with Gasteiger partial charge in [0.1, 0.15) is 0 Å². The second-order valence-corrected chi connectivity index (χ2v) is 7.26. The summed E-state index contributed by atoms with van der Waals surface area (Å²) in [6, 6.07) is 0. The summed E-state index contributed by atoms with van der Waals surface area (Å²) in [5.41, 5.74) is 1.29. The molecule has 0 atom stereocenters. The van der Waals surface area contributed by atoms with Crippen LogP contribution in [0.1, 0.15) is 52.1 Å². The van der Waals surface area contributed by atoms with Crippen LogP contribution in [0, 0.1) is 5.41 Å². The zero-order chi connectivity index (χ0) is 13.7. The standard InChI is InChI=1S/C15H23N3O/c1-14(2,3)11-8-16-12(13(19)17-11)18-9-15(10-18)6-4-5-7-15/h8H,4-7,9-10H2,1-3H3,(H,17,19). The lowest BCUT2D eigenvalue weighted by molar-refractivity contribution is 0.220. The largest absolute Gasteiger partial charge is 0.351 e. The van der Waals surface area contributed by atoms with Crippen LogP contribution in [0.4, 0.5) is 5.82 Å². The van der Waals surface area contributed by atoms with E-state index in [1.165, 1.54) is 25.7 Å². The molecule has 0 amide bonds. The maximum atomic E-state index is 12.2. The first-order valence-electron chi connectivity index (χ1n) is 7.24. The van der Waals surface area contributed by atoms with Crippen LogP contribution in [-0.4, -0.2) is 23.1 Å². The number of hydrogen-bond donors (Lipinski definition) is 1. The summed E-state index contributed by atoms with van der Waals surface area (Å²) >= 11 is 0. The molecule has 2 aliphatic rings. The van der Waals surface area contributed by atoms with Crippen molar-refractivity contribution in [3.05, 3.63) is 22.2 Å². The maximum Gasteiger partial charge on any atom is 0.291 e. The summed E-state index contributed by atoms with van der Waals surface area (Å²) in [5.74, 6) is 0.602. The first-order chi connectivity index (χ1) is 8.90. The van der Waals surface area contributed by atoms with Gasteiger partial charge >= 0.3 is 0 Å². The monoisotopic (exact) mass is 261 g/mol. The Morgan fingerprint density at radius 2 is 1.89 bits per heavy atom. The Labute approximate surface area is 114 Å². The van der Waals surface area contributed by atoms with Crippen molar-refractivity contribution in [3.8, 4) is 0 Å². The molecule has 2 fully saturated rings. The Bertz CT molecular complexity index is 527. The minimum Gasteiger partial charge on any atom is -0.351 e. The van der Waals surface area contributed by atoms with Crippen molar-refractivity contribution < 1.29 is 0 Å². The van der Waals surface area contributed by atoms with E-state index in [0.717, 1.165) is 18.8 Å². The van der Waals surface area contributed by atoms with Gasteiger partial charge in [0, 0.05) is 35.8 Å². The predicted octanol–water partition coefficient (Wildman–Crippen LogP) is 2.45.